The van der Waals surface area contributed by atoms with Crippen LogP contribution in [0.2, 0.25) is 0 Å². The minimum absolute atomic E-state index is 0.480. The van der Waals surface area contributed by atoms with E-state index in [1.165, 1.54) is 36.8 Å². The molecule has 2 aliphatic carbocycles. The normalized spacial score (nSPS) is 20.8. The maximum atomic E-state index is 10.5. The molecular formula is C18H19NO. The van der Waals surface area contributed by atoms with E-state index in [1.807, 2.05) is 18.2 Å². The van der Waals surface area contributed by atoms with Crippen LogP contribution in [0.3, 0.4) is 0 Å². The van der Waals surface area contributed by atoms with Gasteiger partial charge in [-0.1, -0.05) is 43.2 Å². The van der Waals surface area contributed by atoms with Gasteiger partial charge in [0.15, 0.2) is 0 Å². The molecule has 0 radical (unpaired) electrons. The zero-order valence-electron chi connectivity index (χ0n) is 11.5. The molecule has 2 aromatic carbocycles. The average molecular weight is 265 g/mol. The second-order valence-electron chi connectivity index (χ2n) is 5.92. The lowest BCUT2D eigenvalue weighted by molar-refractivity contribution is 0.225. The van der Waals surface area contributed by atoms with Crippen molar-refractivity contribution in [3.8, 4) is 11.1 Å². The fraction of sp³-hybridized carbons (Fsp3) is 0.333. The standard InChI is InChI=1S/C18H19NO/c20-18-16-8-4-3-7-14(16)15-10-9-13(11-17(15)18)19-12-5-1-2-6-12/h3-4,7-12,18-20H,1-2,5-6H2. The van der Waals surface area contributed by atoms with Gasteiger partial charge in [-0.3, -0.25) is 0 Å². The number of nitrogens with one attached hydrogen (secondary N) is 1. The van der Waals surface area contributed by atoms with Crippen molar-refractivity contribution >= 4 is 5.69 Å². The van der Waals surface area contributed by atoms with E-state index in [0.717, 1.165) is 16.8 Å². The Kier molecular flexibility index (Phi) is 2.78. The Morgan fingerprint density at radius 2 is 1.65 bits per heavy atom. The maximum absolute atomic E-state index is 10.5. The molecule has 1 saturated carbocycles. The van der Waals surface area contributed by atoms with Crippen molar-refractivity contribution in [3.05, 3.63) is 53.6 Å². The Morgan fingerprint density at radius 3 is 2.50 bits per heavy atom. The molecule has 2 N–H and O–H groups in total. The molecule has 2 heteroatoms. The van der Waals surface area contributed by atoms with Crippen molar-refractivity contribution in [2.24, 2.45) is 0 Å². The van der Waals surface area contributed by atoms with Crippen LogP contribution < -0.4 is 5.32 Å². The summed E-state index contributed by atoms with van der Waals surface area (Å²) in [5, 5.41) is 14.1. The molecule has 2 aliphatic rings. The summed E-state index contributed by atoms with van der Waals surface area (Å²) >= 11 is 0. The van der Waals surface area contributed by atoms with Gasteiger partial charge in [0.2, 0.25) is 0 Å². The van der Waals surface area contributed by atoms with E-state index in [9.17, 15) is 5.11 Å². The number of hydrogen-bond donors (Lipinski definition) is 2. The van der Waals surface area contributed by atoms with Crippen molar-refractivity contribution in [3.63, 3.8) is 0 Å². The third-order valence-electron chi connectivity index (χ3n) is 4.62. The fourth-order valence-corrected chi connectivity index (χ4v) is 3.58. The summed E-state index contributed by atoms with van der Waals surface area (Å²) in [6.45, 7) is 0. The molecule has 4 rings (SSSR count). The molecule has 0 spiro atoms. The van der Waals surface area contributed by atoms with Gasteiger partial charge in [0, 0.05) is 11.7 Å². The number of aliphatic hydroxyl groups is 1. The number of anilines is 1. The minimum atomic E-state index is -0.480. The Labute approximate surface area is 119 Å². The second-order valence-corrected chi connectivity index (χ2v) is 5.92. The predicted octanol–water partition coefficient (Wildman–Crippen LogP) is 4.10. The predicted molar refractivity (Wildman–Crippen MR) is 81.8 cm³/mol. The van der Waals surface area contributed by atoms with Crippen LogP contribution in [0.4, 0.5) is 5.69 Å². The number of fused-ring (bicyclic) bond motifs is 3. The average Bonchev–Trinajstić information content (AvgIpc) is 3.08. The van der Waals surface area contributed by atoms with Crippen LogP contribution >= 0.6 is 0 Å². The Balaban J connectivity index is 1.69. The van der Waals surface area contributed by atoms with Crippen molar-refractivity contribution in [1.82, 2.24) is 0 Å². The quantitative estimate of drug-likeness (QED) is 0.856. The first kappa shape index (κ1) is 12.0. The molecular weight excluding hydrogens is 246 g/mol. The molecule has 2 aromatic rings. The summed E-state index contributed by atoms with van der Waals surface area (Å²) in [6.07, 6.45) is 4.71. The lowest BCUT2D eigenvalue weighted by Gasteiger charge is -2.15. The van der Waals surface area contributed by atoms with E-state index in [4.69, 9.17) is 0 Å². The van der Waals surface area contributed by atoms with Crippen LogP contribution in [-0.4, -0.2) is 11.1 Å². The van der Waals surface area contributed by atoms with E-state index in [-0.39, 0.29) is 0 Å². The van der Waals surface area contributed by atoms with E-state index in [1.54, 1.807) is 0 Å². The first-order valence-electron chi connectivity index (χ1n) is 7.51. The zero-order valence-corrected chi connectivity index (χ0v) is 11.5. The first-order valence-corrected chi connectivity index (χ1v) is 7.51. The highest BCUT2D eigenvalue weighted by Gasteiger charge is 2.27. The lowest BCUT2D eigenvalue weighted by Crippen LogP contribution is -2.14. The third kappa shape index (κ3) is 1.83. The Morgan fingerprint density at radius 1 is 0.900 bits per heavy atom. The fourth-order valence-electron chi connectivity index (χ4n) is 3.58. The zero-order chi connectivity index (χ0) is 13.5. The SMILES string of the molecule is OC1c2ccccc2-c2ccc(NC3CCCC3)cc21. The first-order chi connectivity index (χ1) is 9.83. The highest BCUT2D eigenvalue weighted by atomic mass is 16.3. The van der Waals surface area contributed by atoms with Crippen LogP contribution in [0.5, 0.6) is 0 Å². The van der Waals surface area contributed by atoms with Gasteiger partial charge in [-0.05, 0) is 47.2 Å². The third-order valence-corrected chi connectivity index (χ3v) is 4.62. The van der Waals surface area contributed by atoms with Crippen molar-refractivity contribution < 1.29 is 5.11 Å². The van der Waals surface area contributed by atoms with Gasteiger partial charge in [0.1, 0.15) is 6.10 Å². The van der Waals surface area contributed by atoms with Gasteiger partial charge >= 0.3 is 0 Å². The van der Waals surface area contributed by atoms with Crippen LogP contribution in [-0.2, 0) is 0 Å². The molecule has 1 unspecified atom stereocenters. The number of hydrogen-bond acceptors (Lipinski definition) is 2. The lowest BCUT2D eigenvalue weighted by atomic mass is 10.1. The molecule has 0 aromatic heterocycles. The highest BCUT2D eigenvalue weighted by molar-refractivity contribution is 5.79. The van der Waals surface area contributed by atoms with Crippen molar-refractivity contribution in [2.45, 2.75) is 37.8 Å². The van der Waals surface area contributed by atoms with Gasteiger partial charge in [0.25, 0.3) is 0 Å². The summed E-state index contributed by atoms with van der Waals surface area (Å²) in [6, 6.07) is 15.1. The van der Waals surface area contributed by atoms with E-state index < -0.39 is 6.10 Å². The smallest absolute Gasteiger partial charge is 0.105 e. The number of rotatable bonds is 2. The summed E-state index contributed by atoms with van der Waals surface area (Å²) in [5.41, 5.74) is 5.55. The van der Waals surface area contributed by atoms with Crippen LogP contribution in [0.1, 0.15) is 42.9 Å². The van der Waals surface area contributed by atoms with Crippen molar-refractivity contribution in [1.29, 1.82) is 0 Å². The van der Waals surface area contributed by atoms with Crippen LogP contribution in [0, 0.1) is 0 Å². The summed E-state index contributed by atoms with van der Waals surface area (Å²) in [5.74, 6) is 0. The summed E-state index contributed by atoms with van der Waals surface area (Å²) < 4.78 is 0. The molecule has 0 heterocycles. The Hall–Kier alpha value is -1.80. The molecule has 2 nitrogen and oxygen atoms in total. The van der Waals surface area contributed by atoms with Gasteiger partial charge in [-0.2, -0.15) is 0 Å². The molecule has 0 saturated heterocycles. The van der Waals surface area contributed by atoms with Gasteiger partial charge < -0.3 is 10.4 Å². The monoisotopic (exact) mass is 265 g/mol. The topological polar surface area (TPSA) is 32.3 Å². The van der Waals surface area contributed by atoms with Gasteiger partial charge in [-0.25, -0.2) is 0 Å². The molecule has 20 heavy (non-hydrogen) atoms. The molecule has 0 bridgehead atoms. The number of aliphatic hydroxyl groups excluding tert-OH is 1. The molecule has 1 atom stereocenters. The molecule has 0 aliphatic heterocycles. The maximum Gasteiger partial charge on any atom is 0.105 e. The largest absolute Gasteiger partial charge is 0.384 e. The van der Waals surface area contributed by atoms with Crippen molar-refractivity contribution in [2.75, 3.05) is 5.32 Å². The minimum Gasteiger partial charge on any atom is -0.384 e. The summed E-state index contributed by atoms with van der Waals surface area (Å²) in [4.78, 5) is 0. The van der Waals surface area contributed by atoms with Crippen LogP contribution in [0.15, 0.2) is 42.5 Å². The Bertz CT molecular complexity index is 644. The van der Waals surface area contributed by atoms with Gasteiger partial charge in [0.05, 0.1) is 0 Å². The number of benzene rings is 2. The van der Waals surface area contributed by atoms with Gasteiger partial charge in [-0.15, -0.1) is 0 Å². The summed E-state index contributed by atoms with van der Waals surface area (Å²) in [7, 11) is 0. The molecule has 0 amide bonds. The van der Waals surface area contributed by atoms with E-state index in [0.29, 0.717) is 6.04 Å². The van der Waals surface area contributed by atoms with E-state index >= 15 is 0 Å². The van der Waals surface area contributed by atoms with E-state index in [2.05, 4.69) is 29.6 Å². The molecule has 102 valence electrons. The highest BCUT2D eigenvalue weighted by Crippen LogP contribution is 2.44. The molecule has 1 fully saturated rings. The van der Waals surface area contributed by atoms with Crippen LogP contribution in [0.25, 0.3) is 11.1 Å². The second kappa shape index (κ2) is 4.64.